The molecule has 10 nitrogen and oxygen atoms in total. The Morgan fingerprint density at radius 1 is 0.685 bits per heavy atom. The zero-order valence-corrected chi connectivity index (χ0v) is 32.7. The SMILES string of the molecule is CCCCCCCCCCCCN(CCCCCCCCCCCC)c1ccc(C(=O)c2ccccc2C(=O)OCC(O)C2OC(=O)C(O)=C2O)c(O)c1. The Balaban J connectivity index is 1.61. The van der Waals surface area contributed by atoms with Gasteiger partial charge >= 0.3 is 11.9 Å². The van der Waals surface area contributed by atoms with Crippen LogP contribution in [0.4, 0.5) is 5.69 Å². The summed E-state index contributed by atoms with van der Waals surface area (Å²) in [7, 11) is 0. The van der Waals surface area contributed by atoms with Crippen molar-refractivity contribution in [3.05, 3.63) is 70.7 Å². The first-order valence-corrected chi connectivity index (χ1v) is 20.6. The Hall–Kier alpha value is -4.05. The molecule has 0 amide bonds. The number of unbranched alkanes of at least 4 members (excludes halogenated alkanes) is 18. The number of nitrogens with zero attached hydrogens (tertiary/aromatic N) is 1. The van der Waals surface area contributed by atoms with Crippen LogP contribution in [0.5, 0.6) is 5.75 Å². The number of aliphatic hydroxyl groups is 3. The maximum Gasteiger partial charge on any atom is 0.377 e. The molecular formula is C44H65NO9. The molecule has 0 spiro atoms. The number of carbonyl (C=O) groups is 3. The number of cyclic esters (lactones) is 1. The van der Waals surface area contributed by atoms with Crippen LogP contribution in [0, 0.1) is 0 Å². The van der Waals surface area contributed by atoms with Gasteiger partial charge in [0.15, 0.2) is 17.6 Å². The molecule has 0 saturated heterocycles. The highest BCUT2D eigenvalue weighted by Gasteiger charge is 2.40. The molecular weight excluding hydrogens is 686 g/mol. The van der Waals surface area contributed by atoms with Crippen molar-refractivity contribution in [2.45, 2.75) is 154 Å². The van der Waals surface area contributed by atoms with Crippen LogP contribution in [0.1, 0.15) is 169 Å². The van der Waals surface area contributed by atoms with Gasteiger partial charge in [0.1, 0.15) is 18.5 Å². The van der Waals surface area contributed by atoms with Crippen LogP contribution in [0.25, 0.3) is 0 Å². The van der Waals surface area contributed by atoms with Gasteiger partial charge in [0, 0.05) is 30.4 Å². The summed E-state index contributed by atoms with van der Waals surface area (Å²) in [6.07, 6.45) is 21.9. The molecule has 2 aromatic carbocycles. The Morgan fingerprint density at radius 3 is 1.63 bits per heavy atom. The molecule has 1 aliphatic rings. The number of benzene rings is 2. The molecule has 0 aliphatic carbocycles. The van der Waals surface area contributed by atoms with Gasteiger partial charge in [0.2, 0.25) is 5.76 Å². The first-order valence-electron chi connectivity index (χ1n) is 20.6. The summed E-state index contributed by atoms with van der Waals surface area (Å²) in [6, 6.07) is 11.1. The summed E-state index contributed by atoms with van der Waals surface area (Å²) in [5.41, 5.74) is 0.807. The normalized spacial score (nSPS) is 14.6. The number of hydrogen-bond donors (Lipinski definition) is 4. The van der Waals surface area contributed by atoms with Gasteiger partial charge in [-0.3, -0.25) is 4.79 Å². The number of phenolic OH excluding ortho intramolecular Hbond substituents is 1. The fourth-order valence-electron chi connectivity index (χ4n) is 6.92. The second-order valence-electron chi connectivity index (χ2n) is 14.7. The van der Waals surface area contributed by atoms with E-state index in [4.69, 9.17) is 9.47 Å². The maximum absolute atomic E-state index is 13.7. The minimum atomic E-state index is -1.66. The lowest BCUT2D eigenvalue weighted by atomic mass is 9.97. The van der Waals surface area contributed by atoms with Crippen molar-refractivity contribution in [1.29, 1.82) is 0 Å². The van der Waals surface area contributed by atoms with Crippen LogP contribution in [-0.4, -0.2) is 70.1 Å². The van der Waals surface area contributed by atoms with Crippen molar-refractivity contribution in [2.75, 3.05) is 24.6 Å². The highest BCUT2D eigenvalue weighted by atomic mass is 16.6. The fraction of sp³-hybridized carbons (Fsp3) is 0.614. The van der Waals surface area contributed by atoms with Crippen molar-refractivity contribution in [1.82, 2.24) is 0 Å². The van der Waals surface area contributed by atoms with Crippen LogP contribution >= 0.6 is 0 Å². The van der Waals surface area contributed by atoms with Gasteiger partial charge in [-0.2, -0.15) is 0 Å². The number of aromatic hydroxyl groups is 1. The largest absolute Gasteiger partial charge is 0.507 e. The Bertz CT molecular complexity index is 1450. The van der Waals surface area contributed by atoms with E-state index >= 15 is 0 Å². The molecule has 300 valence electrons. The smallest absolute Gasteiger partial charge is 0.377 e. The lowest BCUT2D eigenvalue weighted by molar-refractivity contribution is -0.147. The number of ether oxygens (including phenoxy) is 2. The summed E-state index contributed by atoms with van der Waals surface area (Å²) in [4.78, 5) is 40.6. The Labute approximate surface area is 322 Å². The lowest BCUT2D eigenvalue weighted by Crippen LogP contribution is -2.33. The van der Waals surface area contributed by atoms with Crippen molar-refractivity contribution < 1.29 is 44.3 Å². The second kappa shape index (κ2) is 25.1. The molecule has 4 N–H and O–H groups in total. The zero-order chi connectivity index (χ0) is 39.1. The third kappa shape index (κ3) is 14.6. The van der Waals surface area contributed by atoms with Crippen LogP contribution in [0.3, 0.4) is 0 Å². The maximum atomic E-state index is 13.7. The quantitative estimate of drug-likeness (QED) is 0.0359. The van der Waals surface area contributed by atoms with Gasteiger partial charge in [-0.05, 0) is 31.0 Å². The van der Waals surface area contributed by atoms with E-state index in [1.54, 1.807) is 24.3 Å². The van der Waals surface area contributed by atoms with E-state index < -0.39 is 48.1 Å². The molecule has 1 aliphatic heterocycles. The number of esters is 2. The van der Waals surface area contributed by atoms with E-state index in [-0.39, 0.29) is 22.4 Å². The summed E-state index contributed by atoms with van der Waals surface area (Å²) in [5.74, 6) is -4.78. The summed E-state index contributed by atoms with van der Waals surface area (Å²) >= 11 is 0. The Morgan fingerprint density at radius 2 is 1.17 bits per heavy atom. The van der Waals surface area contributed by atoms with Gasteiger partial charge in [-0.15, -0.1) is 0 Å². The van der Waals surface area contributed by atoms with Crippen molar-refractivity contribution in [2.24, 2.45) is 0 Å². The molecule has 54 heavy (non-hydrogen) atoms. The molecule has 3 rings (SSSR count). The lowest BCUT2D eigenvalue weighted by Gasteiger charge is -2.26. The highest BCUT2D eigenvalue weighted by Crippen LogP contribution is 2.29. The molecule has 0 saturated carbocycles. The van der Waals surface area contributed by atoms with Gasteiger partial charge in [0.25, 0.3) is 0 Å². The van der Waals surface area contributed by atoms with E-state index in [1.807, 2.05) is 6.07 Å². The average molecular weight is 752 g/mol. The molecule has 2 aromatic rings. The number of phenols is 1. The molecule has 0 aromatic heterocycles. The molecule has 2 unspecified atom stereocenters. The van der Waals surface area contributed by atoms with E-state index in [9.17, 15) is 34.8 Å². The topological polar surface area (TPSA) is 154 Å². The summed E-state index contributed by atoms with van der Waals surface area (Å²) in [6.45, 7) is 5.54. The number of rotatable bonds is 29. The van der Waals surface area contributed by atoms with Crippen LogP contribution < -0.4 is 4.90 Å². The van der Waals surface area contributed by atoms with Gasteiger partial charge in [-0.1, -0.05) is 148 Å². The van der Waals surface area contributed by atoms with E-state index in [1.165, 1.54) is 115 Å². The molecule has 0 fully saturated rings. The predicted octanol–water partition coefficient (Wildman–Crippen LogP) is 10.0. The standard InChI is InChI=1S/C44H65NO9/c1-3-5-7-9-11-13-15-17-19-23-29-45(30-24-20-18-16-14-12-10-8-6-4-2)33-27-28-36(37(46)31-33)39(48)34-25-21-22-26-35(34)43(51)53-32-38(47)42-40(49)41(50)44(52)54-42/h21-22,25-28,31,38,42,46-47,49-50H,3-20,23-24,29-30,32H2,1-2H3. The number of anilines is 1. The minimum absolute atomic E-state index is 0.000282. The van der Waals surface area contributed by atoms with E-state index in [0.717, 1.165) is 44.5 Å². The van der Waals surface area contributed by atoms with Crippen LogP contribution in [0.15, 0.2) is 54.0 Å². The third-order valence-corrected chi connectivity index (χ3v) is 10.2. The van der Waals surface area contributed by atoms with Crippen LogP contribution in [-0.2, 0) is 14.3 Å². The first-order chi connectivity index (χ1) is 26.2. The number of carbonyl (C=O) groups excluding carboxylic acids is 3. The second-order valence-corrected chi connectivity index (χ2v) is 14.7. The number of aliphatic hydroxyl groups excluding tert-OH is 3. The monoisotopic (exact) mass is 751 g/mol. The summed E-state index contributed by atoms with van der Waals surface area (Å²) in [5, 5.41) is 40.8. The average Bonchev–Trinajstić information content (AvgIpc) is 3.44. The molecule has 2 atom stereocenters. The molecule has 10 heteroatoms. The number of ketones is 1. The zero-order valence-electron chi connectivity index (χ0n) is 32.7. The van der Waals surface area contributed by atoms with Crippen molar-refractivity contribution in [3.8, 4) is 5.75 Å². The van der Waals surface area contributed by atoms with Gasteiger partial charge in [0.05, 0.1) is 11.1 Å². The van der Waals surface area contributed by atoms with E-state index in [0.29, 0.717) is 0 Å². The fourth-order valence-corrected chi connectivity index (χ4v) is 6.92. The van der Waals surface area contributed by atoms with Crippen LogP contribution in [0.2, 0.25) is 0 Å². The molecule has 1 heterocycles. The Kier molecular flexibility index (Phi) is 20.6. The first kappa shape index (κ1) is 44.3. The molecule has 0 bridgehead atoms. The highest BCUT2D eigenvalue weighted by molar-refractivity contribution is 6.15. The van der Waals surface area contributed by atoms with Crippen molar-refractivity contribution in [3.63, 3.8) is 0 Å². The third-order valence-electron chi connectivity index (χ3n) is 10.2. The predicted molar refractivity (Wildman–Crippen MR) is 212 cm³/mol. The van der Waals surface area contributed by atoms with E-state index in [2.05, 4.69) is 18.7 Å². The number of hydrogen-bond acceptors (Lipinski definition) is 10. The minimum Gasteiger partial charge on any atom is -0.507 e. The van der Waals surface area contributed by atoms with Crippen molar-refractivity contribution >= 4 is 23.4 Å². The van der Waals surface area contributed by atoms with Gasteiger partial charge in [-0.25, -0.2) is 9.59 Å². The summed E-state index contributed by atoms with van der Waals surface area (Å²) < 4.78 is 9.90. The van der Waals surface area contributed by atoms with Gasteiger partial charge < -0.3 is 34.8 Å². The molecule has 0 radical (unpaired) electrons.